The van der Waals surface area contributed by atoms with Gasteiger partial charge in [-0.2, -0.15) is 0 Å². The van der Waals surface area contributed by atoms with Crippen LogP contribution in [0.25, 0.3) is 0 Å². The first-order valence-corrected chi connectivity index (χ1v) is 6.19. The van der Waals surface area contributed by atoms with Crippen molar-refractivity contribution in [3.8, 4) is 0 Å². The number of nitrogens with zero attached hydrogens (tertiary/aromatic N) is 1. The lowest BCUT2D eigenvalue weighted by Gasteiger charge is -2.13. The van der Waals surface area contributed by atoms with Crippen LogP contribution in [0.2, 0.25) is 0 Å². The molecule has 1 aliphatic heterocycles. The van der Waals surface area contributed by atoms with Crippen molar-refractivity contribution in [3.05, 3.63) is 33.4 Å². The van der Waals surface area contributed by atoms with Gasteiger partial charge in [-0.1, -0.05) is 0 Å². The molecule has 1 unspecified atom stereocenters. The summed E-state index contributed by atoms with van der Waals surface area (Å²) in [6, 6.07) is 3.45. The van der Waals surface area contributed by atoms with E-state index < -0.39 is 0 Å². The molecule has 0 bridgehead atoms. The molecule has 1 atom stereocenters. The highest BCUT2D eigenvalue weighted by atomic mass is 16.6. The average molecular weight is 250 g/mol. The summed E-state index contributed by atoms with van der Waals surface area (Å²) in [5.74, 6) is 0. The maximum atomic E-state index is 11.0. The van der Waals surface area contributed by atoms with E-state index in [9.17, 15) is 10.1 Å². The Balaban J connectivity index is 2.14. The third-order valence-corrected chi connectivity index (χ3v) is 3.35. The van der Waals surface area contributed by atoms with E-state index in [0.717, 1.165) is 30.6 Å². The highest BCUT2D eigenvalue weighted by Crippen LogP contribution is 2.28. The fourth-order valence-electron chi connectivity index (χ4n) is 2.12. The summed E-state index contributed by atoms with van der Waals surface area (Å²) < 4.78 is 5.50. The van der Waals surface area contributed by atoms with Crippen LogP contribution in [0.4, 0.5) is 11.4 Å². The third-order valence-electron chi connectivity index (χ3n) is 3.35. The molecule has 1 aliphatic rings. The number of anilines is 1. The summed E-state index contributed by atoms with van der Waals surface area (Å²) in [5, 5.41) is 14.2. The van der Waals surface area contributed by atoms with Crippen molar-refractivity contribution >= 4 is 11.4 Å². The smallest absolute Gasteiger partial charge is 0.292 e. The largest absolute Gasteiger partial charge is 0.377 e. The predicted molar refractivity (Wildman–Crippen MR) is 70.0 cm³/mol. The Morgan fingerprint density at radius 1 is 1.44 bits per heavy atom. The van der Waals surface area contributed by atoms with Gasteiger partial charge < -0.3 is 10.1 Å². The Morgan fingerprint density at radius 2 is 2.17 bits per heavy atom. The second kappa shape index (κ2) is 5.35. The summed E-state index contributed by atoms with van der Waals surface area (Å²) in [7, 11) is 0. The summed E-state index contributed by atoms with van der Waals surface area (Å²) in [6.07, 6.45) is 2.26. The van der Waals surface area contributed by atoms with E-state index in [0.29, 0.717) is 12.2 Å². The second-order valence-electron chi connectivity index (χ2n) is 4.73. The van der Waals surface area contributed by atoms with Crippen molar-refractivity contribution in [2.24, 2.45) is 0 Å². The second-order valence-corrected chi connectivity index (χ2v) is 4.73. The number of ether oxygens (including phenoxy) is 1. The summed E-state index contributed by atoms with van der Waals surface area (Å²) >= 11 is 0. The van der Waals surface area contributed by atoms with E-state index in [1.807, 2.05) is 19.9 Å². The van der Waals surface area contributed by atoms with Gasteiger partial charge in [0.1, 0.15) is 5.69 Å². The molecule has 0 amide bonds. The van der Waals surface area contributed by atoms with Crippen molar-refractivity contribution in [2.75, 3.05) is 18.5 Å². The molecule has 0 radical (unpaired) electrons. The molecule has 0 aromatic heterocycles. The van der Waals surface area contributed by atoms with Gasteiger partial charge >= 0.3 is 0 Å². The van der Waals surface area contributed by atoms with Crippen LogP contribution in [0.15, 0.2) is 12.1 Å². The average Bonchev–Trinajstić information content (AvgIpc) is 2.83. The molecule has 1 aromatic carbocycles. The third kappa shape index (κ3) is 2.79. The molecule has 2 rings (SSSR count). The van der Waals surface area contributed by atoms with E-state index in [2.05, 4.69) is 5.32 Å². The van der Waals surface area contributed by atoms with Crippen LogP contribution in [0.5, 0.6) is 0 Å². The molecule has 0 saturated carbocycles. The Labute approximate surface area is 106 Å². The zero-order valence-electron chi connectivity index (χ0n) is 10.7. The SMILES string of the molecule is Cc1cc(NCC2CCCO2)c([N+](=O)[O-])cc1C. The molecule has 1 heterocycles. The van der Waals surface area contributed by atoms with Crippen molar-refractivity contribution in [1.82, 2.24) is 0 Å². The van der Waals surface area contributed by atoms with Gasteiger partial charge in [-0.15, -0.1) is 0 Å². The Bertz CT molecular complexity index is 454. The van der Waals surface area contributed by atoms with Gasteiger partial charge in [-0.05, 0) is 43.9 Å². The first-order chi connectivity index (χ1) is 8.58. The van der Waals surface area contributed by atoms with E-state index in [-0.39, 0.29) is 16.7 Å². The van der Waals surface area contributed by atoms with E-state index in [1.165, 1.54) is 0 Å². The molecular formula is C13H18N2O3. The molecule has 1 N–H and O–H groups in total. The standard InChI is InChI=1S/C13H18N2O3/c1-9-6-12(13(15(16)17)7-10(9)2)14-8-11-4-3-5-18-11/h6-7,11,14H,3-5,8H2,1-2H3. The van der Waals surface area contributed by atoms with E-state index in [4.69, 9.17) is 4.74 Å². The molecule has 1 aromatic rings. The van der Waals surface area contributed by atoms with Crippen molar-refractivity contribution in [2.45, 2.75) is 32.8 Å². The molecular weight excluding hydrogens is 232 g/mol. The zero-order valence-corrected chi connectivity index (χ0v) is 10.7. The molecule has 5 nitrogen and oxygen atoms in total. The minimum absolute atomic E-state index is 0.135. The number of hydrogen-bond donors (Lipinski definition) is 1. The zero-order chi connectivity index (χ0) is 13.1. The lowest BCUT2D eigenvalue weighted by molar-refractivity contribution is -0.384. The fourth-order valence-corrected chi connectivity index (χ4v) is 2.12. The summed E-state index contributed by atoms with van der Waals surface area (Å²) in [6.45, 7) is 5.26. The molecule has 1 fully saturated rings. The number of nitro benzene ring substituents is 1. The van der Waals surface area contributed by atoms with Crippen LogP contribution in [-0.4, -0.2) is 24.2 Å². The fraction of sp³-hybridized carbons (Fsp3) is 0.538. The Morgan fingerprint density at radius 3 is 2.78 bits per heavy atom. The topological polar surface area (TPSA) is 64.4 Å². The lowest BCUT2D eigenvalue weighted by atomic mass is 10.1. The van der Waals surface area contributed by atoms with E-state index in [1.54, 1.807) is 6.07 Å². The highest BCUT2D eigenvalue weighted by Gasteiger charge is 2.19. The van der Waals surface area contributed by atoms with Gasteiger partial charge in [0.15, 0.2) is 0 Å². The molecule has 18 heavy (non-hydrogen) atoms. The number of nitro groups is 1. The number of rotatable bonds is 4. The number of hydrogen-bond acceptors (Lipinski definition) is 4. The lowest BCUT2D eigenvalue weighted by Crippen LogP contribution is -2.19. The maximum absolute atomic E-state index is 11.0. The molecule has 98 valence electrons. The van der Waals surface area contributed by atoms with Crippen molar-refractivity contribution in [1.29, 1.82) is 0 Å². The van der Waals surface area contributed by atoms with Crippen LogP contribution in [0, 0.1) is 24.0 Å². The van der Waals surface area contributed by atoms with Crippen LogP contribution in [0.3, 0.4) is 0 Å². The summed E-state index contributed by atoms with van der Waals surface area (Å²) in [4.78, 5) is 10.7. The van der Waals surface area contributed by atoms with Gasteiger partial charge in [0.25, 0.3) is 5.69 Å². The van der Waals surface area contributed by atoms with Crippen molar-refractivity contribution < 1.29 is 9.66 Å². The molecule has 1 saturated heterocycles. The van der Waals surface area contributed by atoms with Crippen LogP contribution >= 0.6 is 0 Å². The van der Waals surface area contributed by atoms with Gasteiger partial charge in [0.05, 0.1) is 11.0 Å². The quantitative estimate of drug-likeness (QED) is 0.659. The monoisotopic (exact) mass is 250 g/mol. The molecule has 0 spiro atoms. The van der Waals surface area contributed by atoms with E-state index >= 15 is 0 Å². The number of nitrogens with one attached hydrogen (secondary N) is 1. The summed E-state index contributed by atoms with van der Waals surface area (Å²) in [5.41, 5.74) is 2.70. The first kappa shape index (κ1) is 12.8. The number of benzene rings is 1. The van der Waals surface area contributed by atoms with Crippen molar-refractivity contribution in [3.63, 3.8) is 0 Å². The van der Waals surface area contributed by atoms with Gasteiger partial charge in [-0.25, -0.2) is 0 Å². The van der Waals surface area contributed by atoms with Gasteiger partial charge in [0, 0.05) is 19.2 Å². The molecule has 0 aliphatic carbocycles. The maximum Gasteiger partial charge on any atom is 0.292 e. The van der Waals surface area contributed by atoms with Gasteiger partial charge in [-0.3, -0.25) is 10.1 Å². The Kier molecular flexibility index (Phi) is 3.81. The minimum atomic E-state index is -0.343. The molecule has 5 heteroatoms. The van der Waals surface area contributed by atoms with Crippen LogP contribution in [0.1, 0.15) is 24.0 Å². The predicted octanol–water partition coefficient (Wildman–Crippen LogP) is 2.80. The normalized spacial score (nSPS) is 18.9. The van der Waals surface area contributed by atoms with Gasteiger partial charge in [0.2, 0.25) is 0 Å². The van der Waals surface area contributed by atoms with Crippen LogP contribution in [-0.2, 0) is 4.74 Å². The minimum Gasteiger partial charge on any atom is -0.377 e. The highest BCUT2D eigenvalue weighted by molar-refractivity contribution is 5.64. The van der Waals surface area contributed by atoms with Crippen LogP contribution < -0.4 is 5.32 Å². The number of aryl methyl sites for hydroxylation is 2. The first-order valence-electron chi connectivity index (χ1n) is 6.19. The Hall–Kier alpha value is -1.62.